The Kier molecular flexibility index (Phi) is 25.7. The van der Waals surface area contributed by atoms with Gasteiger partial charge in [-0.05, 0) is 266 Å². The van der Waals surface area contributed by atoms with Crippen molar-refractivity contribution in [1.29, 1.82) is 0 Å². The Hall–Kier alpha value is -14.9. The number of hydrogen-bond donors (Lipinski definition) is 0. The molecule has 12 nitrogen and oxygen atoms in total. The third-order valence-electron chi connectivity index (χ3n) is 29.6. The van der Waals surface area contributed by atoms with Crippen molar-refractivity contribution in [3.8, 4) is 135 Å². The fourth-order valence-electron chi connectivity index (χ4n) is 22.4. The lowest BCUT2D eigenvalue weighted by Crippen LogP contribution is -2.32. The van der Waals surface area contributed by atoms with Crippen LogP contribution in [-0.2, 0) is 87.2 Å². The molecule has 0 aliphatic heterocycles. The van der Waals surface area contributed by atoms with Crippen molar-refractivity contribution in [2.24, 2.45) is 48.2 Å². The molecule has 0 atom stereocenters. The van der Waals surface area contributed by atoms with Gasteiger partial charge in [0.1, 0.15) is 39.7 Å². The Bertz CT molecular complexity index is 7710. The molecule has 1 saturated carbocycles. The smallest absolute Gasteiger partial charge is 0.264 e. The molecule has 9 heterocycles. The summed E-state index contributed by atoms with van der Waals surface area (Å²) in [5.41, 5.74) is 56.6. The van der Waals surface area contributed by atoms with Gasteiger partial charge < -0.3 is 0 Å². The molecule has 0 N–H and O–H groups in total. The molecule has 9 aromatic heterocycles. The van der Waals surface area contributed by atoms with Crippen molar-refractivity contribution >= 4 is 0 Å². The maximum absolute atomic E-state index is 5.13. The van der Waals surface area contributed by atoms with Crippen LogP contribution in [0.15, 0.2) is 304 Å². The summed E-state index contributed by atoms with van der Waals surface area (Å²) in [6.45, 7) is 24.1. The van der Waals surface area contributed by atoms with Crippen molar-refractivity contribution in [3.63, 3.8) is 0 Å². The van der Waals surface area contributed by atoms with Gasteiger partial charge in [0.05, 0.1) is 77.0 Å². The number of aryl methyl sites for hydroxylation is 13. The predicted molar refractivity (Wildman–Crippen MR) is 562 cm³/mol. The monoisotopic (exact) mass is 1820 g/mol. The summed E-state index contributed by atoms with van der Waals surface area (Å²) < 4.78 is 13.2. The zero-order valence-corrected chi connectivity index (χ0v) is 83.7. The van der Waals surface area contributed by atoms with Gasteiger partial charge in [0.25, 0.3) is 0 Å². The lowest BCUT2D eigenvalue weighted by atomic mass is 9.90. The molecule has 12 heteroatoms. The fraction of sp³-hybridized carbons (Fsp3) is 0.244. The van der Waals surface area contributed by atoms with Crippen LogP contribution in [-0.4, -0.2) is 29.9 Å². The van der Waals surface area contributed by atoms with Crippen molar-refractivity contribution in [2.45, 2.75) is 159 Å². The first-order valence-electron chi connectivity index (χ1n) is 49.8. The highest BCUT2D eigenvalue weighted by Crippen LogP contribution is 2.47. The average molecular weight is 1820 g/mol. The van der Waals surface area contributed by atoms with E-state index < -0.39 is 0 Å². The van der Waals surface area contributed by atoms with Gasteiger partial charge in [0.15, 0.2) is 35.7 Å². The fourth-order valence-corrected chi connectivity index (χ4v) is 22.4. The number of aromatic nitrogens is 12. The van der Waals surface area contributed by atoms with Crippen molar-refractivity contribution in [2.75, 3.05) is 0 Å². The van der Waals surface area contributed by atoms with E-state index in [9.17, 15) is 0 Å². The largest absolute Gasteiger partial charge is 0.330 e. The van der Waals surface area contributed by atoms with Gasteiger partial charge in [-0.2, -0.15) is 0 Å². The summed E-state index contributed by atoms with van der Waals surface area (Å²) in [5.74, 6) is 5.13. The van der Waals surface area contributed by atoms with E-state index in [1.54, 1.807) is 5.56 Å². The Labute approximate surface area is 821 Å². The van der Waals surface area contributed by atoms with E-state index in [4.69, 9.17) is 19.9 Å². The molecule has 1 fully saturated rings. The SMILES string of the molecule is Cc1ccc2c(n1)Cc1cc(-c3ccccc3C)[n+](C)cc1-2.Cc1ccccc1-c1cc2c(c[n+]1C)-c1cccnc1C2.Cc1ccccc1-c1cc2c(c[n+]1C)-c1ccncc1C2.Cc1ccccc1-c1nc2c(c[n+]1C)-c1cccc(C(C)C)c1C2.Cc1ccccc1-c1nc2c(c[n+]1C)-c1cccc(C3CCCC3)c1C2.Cc1ccccc1-c1nc2c(c[n+]1C)-c1cccc(CC(C)C)c1C2. The Morgan fingerprint density at radius 2 is 0.662 bits per heavy atom. The first-order chi connectivity index (χ1) is 67.4. The molecule has 7 aliphatic carbocycles. The molecule has 18 aromatic rings. The van der Waals surface area contributed by atoms with E-state index in [0.29, 0.717) is 11.8 Å². The van der Waals surface area contributed by atoms with E-state index in [0.717, 1.165) is 74.0 Å². The number of fused-ring (bicyclic) bond motifs is 18. The van der Waals surface area contributed by atoms with E-state index in [2.05, 4.69) is 436 Å². The third-order valence-corrected chi connectivity index (χ3v) is 29.6. The molecular formula is C127H126N12+6. The second-order valence-corrected chi connectivity index (χ2v) is 40.1. The second kappa shape index (κ2) is 38.9. The number of benzene rings is 9. The Morgan fingerprint density at radius 3 is 1.13 bits per heavy atom. The van der Waals surface area contributed by atoms with Crippen LogP contribution in [0.2, 0.25) is 0 Å². The van der Waals surface area contributed by atoms with Crippen molar-refractivity contribution in [3.05, 3.63) is 428 Å². The lowest BCUT2D eigenvalue weighted by molar-refractivity contribution is -0.662. The first kappa shape index (κ1) is 91.9. The van der Waals surface area contributed by atoms with Crippen LogP contribution >= 0.6 is 0 Å². The second-order valence-electron chi connectivity index (χ2n) is 40.1. The highest BCUT2D eigenvalue weighted by molar-refractivity contribution is 5.83. The normalized spacial score (nSPS) is 12.9. The topological polar surface area (TPSA) is 101 Å². The summed E-state index contributed by atoms with van der Waals surface area (Å²) in [6.07, 6.45) is 31.6. The zero-order chi connectivity index (χ0) is 96.1. The van der Waals surface area contributed by atoms with E-state index >= 15 is 0 Å². The Balaban J connectivity index is 0.000000103. The number of hydrogen-bond acceptors (Lipinski definition) is 6. The molecule has 0 radical (unpaired) electrons. The maximum Gasteiger partial charge on any atom is 0.330 e. The number of rotatable bonds is 10. The summed E-state index contributed by atoms with van der Waals surface area (Å²) in [5, 5.41) is 0. The van der Waals surface area contributed by atoms with Crippen molar-refractivity contribution in [1.82, 2.24) is 29.9 Å². The minimum Gasteiger partial charge on any atom is -0.264 e. The van der Waals surface area contributed by atoms with Crippen molar-refractivity contribution < 1.29 is 27.4 Å². The molecule has 0 unspecified atom stereocenters. The van der Waals surface area contributed by atoms with E-state index in [1.807, 2.05) is 24.7 Å². The molecule has 688 valence electrons. The lowest BCUT2D eigenvalue weighted by Gasteiger charge is -2.14. The number of pyridine rings is 6. The van der Waals surface area contributed by atoms with Crippen LogP contribution in [0, 0.1) is 54.4 Å². The van der Waals surface area contributed by atoms with Crippen LogP contribution in [0.1, 0.15) is 188 Å². The molecular weight excluding hydrogens is 1690 g/mol. The van der Waals surface area contributed by atoms with Gasteiger partial charge in [0, 0.05) is 114 Å². The summed E-state index contributed by atoms with van der Waals surface area (Å²) >= 11 is 0. The molecule has 0 amide bonds. The van der Waals surface area contributed by atoms with E-state index in [-0.39, 0.29) is 0 Å². The predicted octanol–water partition coefficient (Wildman–Crippen LogP) is 25.0. The standard InChI is InChI=1S/C24H25N2.C23H25N2.C22H23N2.C20H19N2.2C19H17N2/c1-16-8-3-6-11-18(16)24-25-23-14-21-19(17-9-4-5-10-17)12-7-13-20(21)22(23)15-26(24)2;1-15(2)12-17-9-7-11-19-20(17)13-22-21(19)14-25(4)23(24-22)18-10-6-5-8-16(18)3;1-14(2)16-10-7-11-18-19(16)12-21-20(18)13-24(4)22(23-21)17-9-6-5-8-15(17)3;1-13-6-4-5-7-16(13)20-11-15-10-19-17(9-8-14(2)21-19)18(15)12-22(20)3;1-13-6-3-4-7-15(13)19-11-14-10-18-16(8-5-9-20-18)17(14)12-21(19)2;1-13-5-3-4-6-16(13)19-10-14-9-15-11-20-8-7-17(15)18(14)12-21(19)2/h3,6-8,11-13,15,17H,4-5,9-10,14H2,1-2H3;5-11,14-15H,12-13H2,1-4H3;5-11,13-14H,12H2,1-4H3;4-9,11-12H,10H2,1-3H3;3-9,11-12H,10H2,1-2H3;3-8,10-12H,9H2,1-2H3/q6*+1. The Morgan fingerprint density at radius 1 is 0.288 bits per heavy atom. The van der Waals surface area contributed by atoms with Crippen LogP contribution in [0.25, 0.3) is 135 Å². The van der Waals surface area contributed by atoms with Gasteiger partial charge in [-0.3, -0.25) is 15.0 Å². The first-order valence-corrected chi connectivity index (χ1v) is 49.8. The quantitative estimate of drug-likeness (QED) is 0.126. The minimum atomic E-state index is 0.541. The molecule has 0 bridgehead atoms. The van der Waals surface area contributed by atoms with Gasteiger partial charge in [-0.15, -0.1) is 0 Å². The highest BCUT2D eigenvalue weighted by atomic mass is 15.0. The molecule has 139 heavy (non-hydrogen) atoms. The van der Waals surface area contributed by atoms with Gasteiger partial charge in [-0.1, -0.05) is 216 Å². The molecule has 0 spiro atoms. The third kappa shape index (κ3) is 18.2. The summed E-state index contributed by atoms with van der Waals surface area (Å²) in [4.78, 5) is 28.7. The average Bonchev–Trinajstić information content (AvgIpc) is 1.75. The van der Waals surface area contributed by atoms with Gasteiger partial charge >= 0.3 is 17.5 Å². The minimum absolute atomic E-state index is 0.541. The zero-order valence-electron chi connectivity index (χ0n) is 83.7. The van der Waals surface area contributed by atoms with E-state index in [1.165, 1.54) is 255 Å². The molecule has 7 aliphatic rings. The van der Waals surface area contributed by atoms with Crippen LogP contribution < -0.4 is 27.4 Å². The molecule has 9 aromatic carbocycles. The van der Waals surface area contributed by atoms with Gasteiger partial charge in [0.2, 0.25) is 17.1 Å². The number of nitrogens with zero attached hydrogens (tertiary/aromatic N) is 12. The van der Waals surface area contributed by atoms with Gasteiger partial charge in [-0.25, -0.2) is 27.4 Å². The van der Waals surface area contributed by atoms with Crippen LogP contribution in [0.4, 0.5) is 0 Å². The van der Waals surface area contributed by atoms with Crippen LogP contribution in [0.3, 0.4) is 0 Å². The van der Waals surface area contributed by atoms with Crippen LogP contribution in [0.5, 0.6) is 0 Å². The summed E-state index contributed by atoms with van der Waals surface area (Å²) in [7, 11) is 12.7. The summed E-state index contributed by atoms with van der Waals surface area (Å²) in [6, 6.07) is 89.1. The maximum atomic E-state index is 5.13. The molecule has 25 rings (SSSR count). The molecule has 0 saturated heterocycles. The highest BCUT2D eigenvalue weighted by Gasteiger charge is 2.37.